The molecule has 0 fully saturated rings. The zero-order chi connectivity index (χ0) is 8.27. The first-order valence-electron chi connectivity index (χ1n) is 3.17. The van der Waals surface area contributed by atoms with Crippen LogP contribution in [0.2, 0.25) is 0 Å². The van der Waals surface area contributed by atoms with Crippen LogP contribution in [0.5, 0.6) is 0 Å². The van der Waals surface area contributed by atoms with Crippen molar-refractivity contribution < 1.29 is 9.90 Å². The number of aliphatic carboxylic acids is 1. The van der Waals surface area contributed by atoms with E-state index in [1.165, 1.54) is 0 Å². The third kappa shape index (κ3) is 1.78. The van der Waals surface area contributed by atoms with Gasteiger partial charge in [-0.05, 0) is 11.6 Å². The lowest BCUT2D eigenvalue weighted by atomic mass is 10.1. The molecule has 3 nitrogen and oxygen atoms in total. The highest BCUT2D eigenvalue weighted by Crippen LogP contribution is 2.07. The van der Waals surface area contributed by atoms with Crippen molar-refractivity contribution in [2.45, 2.75) is 6.04 Å². The molecule has 0 saturated heterocycles. The molecule has 1 radical (unpaired) electrons. The molecule has 3 N–H and O–H groups in total. The minimum Gasteiger partial charge on any atom is -0.480 e. The van der Waals surface area contributed by atoms with Gasteiger partial charge in [0.25, 0.3) is 0 Å². The van der Waals surface area contributed by atoms with Gasteiger partial charge in [-0.25, -0.2) is 0 Å². The Hall–Kier alpha value is -1.35. The van der Waals surface area contributed by atoms with Crippen LogP contribution >= 0.6 is 0 Å². The summed E-state index contributed by atoms with van der Waals surface area (Å²) in [6.45, 7) is 0. The average molecular weight is 150 g/mol. The van der Waals surface area contributed by atoms with Crippen molar-refractivity contribution in [2.24, 2.45) is 5.73 Å². The van der Waals surface area contributed by atoms with E-state index in [-0.39, 0.29) is 0 Å². The van der Waals surface area contributed by atoms with Gasteiger partial charge in [0.15, 0.2) is 0 Å². The van der Waals surface area contributed by atoms with E-state index in [0.717, 1.165) is 0 Å². The third-order valence-electron chi connectivity index (χ3n) is 1.33. The largest absolute Gasteiger partial charge is 0.480 e. The van der Waals surface area contributed by atoms with Gasteiger partial charge in [-0.3, -0.25) is 4.79 Å². The predicted octanol–water partition coefficient (Wildman–Crippen LogP) is 0.571. The van der Waals surface area contributed by atoms with E-state index < -0.39 is 12.0 Å². The molecule has 0 bridgehead atoms. The van der Waals surface area contributed by atoms with E-state index in [4.69, 9.17) is 10.8 Å². The Balaban J connectivity index is 2.85. The summed E-state index contributed by atoms with van der Waals surface area (Å²) in [6.07, 6.45) is 0. The molecule has 0 saturated carbocycles. The third-order valence-corrected chi connectivity index (χ3v) is 1.33. The molecular weight excluding hydrogens is 142 g/mol. The first-order chi connectivity index (χ1) is 5.22. The molecule has 1 unspecified atom stereocenters. The quantitative estimate of drug-likeness (QED) is 0.647. The van der Waals surface area contributed by atoms with E-state index >= 15 is 0 Å². The van der Waals surface area contributed by atoms with Crippen LogP contribution in [0.3, 0.4) is 0 Å². The van der Waals surface area contributed by atoms with Crippen molar-refractivity contribution in [1.82, 2.24) is 0 Å². The normalized spacial score (nSPS) is 12.5. The second-order valence-electron chi connectivity index (χ2n) is 2.13. The fourth-order valence-electron chi connectivity index (χ4n) is 0.734. The minimum atomic E-state index is -1.03. The van der Waals surface area contributed by atoms with Gasteiger partial charge in [0.2, 0.25) is 0 Å². The number of carboxylic acids is 1. The molecule has 1 atom stereocenters. The summed E-state index contributed by atoms with van der Waals surface area (Å²) in [4.78, 5) is 10.4. The van der Waals surface area contributed by atoms with Crippen molar-refractivity contribution in [2.75, 3.05) is 0 Å². The molecule has 0 aliphatic heterocycles. The summed E-state index contributed by atoms with van der Waals surface area (Å²) >= 11 is 0. The topological polar surface area (TPSA) is 63.3 Å². The smallest absolute Gasteiger partial charge is 0.325 e. The van der Waals surface area contributed by atoms with Gasteiger partial charge in [0.05, 0.1) is 0 Å². The minimum absolute atomic E-state index is 0.500. The maximum absolute atomic E-state index is 10.4. The van der Waals surface area contributed by atoms with Gasteiger partial charge in [-0.2, -0.15) is 0 Å². The Morgan fingerprint density at radius 2 is 2.36 bits per heavy atom. The molecule has 11 heavy (non-hydrogen) atoms. The van der Waals surface area contributed by atoms with E-state index in [1.807, 2.05) is 0 Å². The van der Waals surface area contributed by atoms with Crippen LogP contribution in [0.4, 0.5) is 0 Å². The molecule has 0 aromatic heterocycles. The number of hydrogen-bond acceptors (Lipinski definition) is 2. The highest BCUT2D eigenvalue weighted by Gasteiger charge is 2.12. The zero-order valence-corrected chi connectivity index (χ0v) is 5.82. The Labute approximate surface area is 64.5 Å². The molecule has 0 amide bonds. The van der Waals surface area contributed by atoms with Gasteiger partial charge >= 0.3 is 5.97 Å². The lowest BCUT2D eigenvalue weighted by Crippen LogP contribution is -2.20. The molecule has 1 aromatic rings. The SMILES string of the molecule is NC(C(=O)O)c1[c]cccc1. The fourth-order valence-corrected chi connectivity index (χ4v) is 0.734. The van der Waals surface area contributed by atoms with Crippen molar-refractivity contribution in [3.05, 3.63) is 35.9 Å². The zero-order valence-electron chi connectivity index (χ0n) is 5.82. The number of carboxylic acid groups (broad SMARTS) is 1. The first kappa shape index (κ1) is 7.75. The van der Waals surface area contributed by atoms with Crippen molar-refractivity contribution in [3.63, 3.8) is 0 Å². The molecule has 0 heterocycles. The van der Waals surface area contributed by atoms with Crippen LogP contribution in [-0.2, 0) is 4.79 Å². The molecule has 0 spiro atoms. The summed E-state index contributed by atoms with van der Waals surface area (Å²) in [5, 5.41) is 8.49. The maximum Gasteiger partial charge on any atom is 0.325 e. The van der Waals surface area contributed by atoms with Gasteiger partial charge in [0, 0.05) is 0 Å². The van der Waals surface area contributed by atoms with E-state index in [9.17, 15) is 4.79 Å². The summed E-state index contributed by atoms with van der Waals surface area (Å²) in [5.41, 5.74) is 5.81. The fraction of sp³-hybridized carbons (Fsp3) is 0.125. The molecular formula is C8H8NO2. The highest BCUT2D eigenvalue weighted by atomic mass is 16.4. The Kier molecular flexibility index (Phi) is 2.23. The summed E-state index contributed by atoms with van der Waals surface area (Å²) in [7, 11) is 0. The first-order valence-corrected chi connectivity index (χ1v) is 3.17. The number of rotatable bonds is 2. The molecule has 1 aromatic carbocycles. The number of nitrogens with two attached hydrogens (primary N) is 1. The van der Waals surface area contributed by atoms with Crippen LogP contribution < -0.4 is 5.73 Å². The molecule has 1 rings (SSSR count). The highest BCUT2D eigenvalue weighted by molar-refractivity contribution is 5.74. The lowest BCUT2D eigenvalue weighted by molar-refractivity contribution is -0.138. The predicted molar refractivity (Wildman–Crippen MR) is 39.8 cm³/mol. The van der Waals surface area contributed by atoms with E-state index in [1.54, 1.807) is 24.3 Å². The standard InChI is InChI=1S/C8H8NO2/c9-7(8(10)11)6-4-2-1-3-5-6/h1-4,7H,9H2,(H,10,11). The van der Waals surface area contributed by atoms with Gasteiger partial charge in [-0.15, -0.1) is 0 Å². The average Bonchev–Trinajstić information content (AvgIpc) is 2.05. The van der Waals surface area contributed by atoms with Crippen LogP contribution in [0, 0.1) is 6.07 Å². The Morgan fingerprint density at radius 3 is 2.82 bits per heavy atom. The van der Waals surface area contributed by atoms with Crippen LogP contribution in [0.1, 0.15) is 11.6 Å². The monoisotopic (exact) mass is 150 g/mol. The second kappa shape index (κ2) is 3.16. The lowest BCUT2D eigenvalue weighted by Gasteiger charge is -2.03. The Bertz CT molecular complexity index is 246. The maximum atomic E-state index is 10.4. The molecule has 0 aliphatic rings. The van der Waals surface area contributed by atoms with E-state index in [2.05, 4.69) is 6.07 Å². The summed E-state index contributed by atoms with van der Waals surface area (Å²) < 4.78 is 0. The van der Waals surface area contributed by atoms with Gasteiger partial charge in [0.1, 0.15) is 6.04 Å². The van der Waals surface area contributed by atoms with Gasteiger partial charge in [-0.1, -0.05) is 24.3 Å². The number of benzene rings is 1. The number of carbonyl (C=O) groups is 1. The second-order valence-corrected chi connectivity index (χ2v) is 2.13. The summed E-state index contributed by atoms with van der Waals surface area (Å²) in [6, 6.07) is 8.55. The van der Waals surface area contributed by atoms with Crippen molar-refractivity contribution in [1.29, 1.82) is 0 Å². The van der Waals surface area contributed by atoms with Crippen molar-refractivity contribution in [3.8, 4) is 0 Å². The Morgan fingerprint density at radius 1 is 1.64 bits per heavy atom. The summed E-state index contributed by atoms with van der Waals surface area (Å²) in [5.74, 6) is -1.03. The van der Waals surface area contributed by atoms with Crippen LogP contribution in [0.25, 0.3) is 0 Å². The number of hydrogen-bond donors (Lipinski definition) is 2. The molecule has 3 heteroatoms. The van der Waals surface area contributed by atoms with E-state index in [0.29, 0.717) is 5.56 Å². The van der Waals surface area contributed by atoms with Crippen LogP contribution in [0.15, 0.2) is 24.3 Å². The molecule has 57 valence electrons. The molecule has 0 aliphatic carbocycles. The van der Waals surface area contributed by atoms with Crippen LogP contribution in [-0.4, -0.2) is 11.1 Å². The van der Waals surface area contributed by atoms with Crippen molar-refractivity contribution >= 4 is 5.97 Å². The van der Waals surface area contributed by atoms with Gasteiger partial charge < -0.3 is 10.8 Å².